The first-order valence-electron chi connectivity index (χ1n) is 8.50. The lowest BCUT2D eigenvalue weighted by atomic mass is 10.1. The minimum Gasteiger partial charge on any atom is -0.491 e. The fraction of sp³-hybridized carbons (Fsp3) is 0.611. The summed E-state index contributed by atoms with van der Waals surface area (Å²) >= 11 is 0. The molecule has 0 amide bonds. The summed E-state index contributed by atoms with van der Waals surface area (Å²) in [5, 5.41) is 6.65. The summed E-state index contributed by atoms with van der Waals surface area (Å²) in [6.07, 6.45) is 2.54. The summed E-state index contributed by atoms with van der Waals surface area (Å²) in [5.74, 6) is 1.66. The van der Waals surface area contributed by atoms with E-state index in [1.165, 1.54) is 5.56 Å². The van der Waals surface area contributed by atoms with Gasteiger partial charge in [0.15, 0.2) is 5.96 Å². The minimum absolute atomic E-state index is 0.288. The second kappa shape index (κ2) is 10.2. The molecule has 0 aromatic heterocycles. The average Bonchev–Trinajstić information content (AvgIpc) is 3.10. The topological polar surface area (TPSA) is 64.1 Å². The Kier molecular flexibility index (Phi) is 7.85. The van der Waals surface area contributed by atoms with Gasteiger partial charge in [0.2, 0.25) is 0 Å². The van der Waals surface area contributed by atoms with Crippen LogP contribution >= 0.6 is 0 Å². The molecule has 6 heteroatoms. The molecule has 1 saturated heterocycles. The summed E-state index contributed by atoms with van der Waals surface area (Å²) < 4.78 is 16.5. The van der Waals surface area contributed by atoms with Crippen molar-refractivity contribution in [3.05, 3.63) is 29.3 Å². The molecule has 1 atom stereocenters. The molecule has 0 radical (unpaired) electrons. The highest BCUT2D eigenvalue weighted by molar-refractivity contribution is 5.79. The average molecular weight is 335 g/mol. The molecule has 134 valence electrons. The van der Waals surface area contributed by atoms with E-state index in [2.05, 4.69) is 40.7 Å². The van der Waals surface area contributed by atoms with Crippen LogP contribution in [0.3, 0.4) is 0 Å². The summed E-state index contributed by atoms with van der Waals surface area (Å²) in [4.78, 5) is 4.26. The van der Waals surface area contributed by atoms with Crippen molar-refractivity contribution >= 4 is 5.96 Å². The van der Waals surface area contributed by atoms with Gasteiger partial charge in [-0.05, 0) is 31.4 Å². The number of guanidine groups is 1. The first kappa shape index (κ1) is 18.5. The number of methoxy groups -OCH3 is 1. The maximum absolute atomic E-state index is 5.82. The number of hydrogen-bond donors (Lipinski definition) is 2. The van der Waals surface area contributed by atoms with E-state index in [9.17, 15) is 0 Å². The van der Waals surface area contributed by atoms with Crippen molar-refractivity contribution in [2.24, 2.45) is 4.99 Å². The number of ether oxygens (including phenoxy) is 3. The standard InChI is InChI=1S/C18H29N3O3/c1-14-6-7-15(17(11-14)24-10-9-22-3)12-20-18(19-2)21-13-16-5-4-8-23-16/h6-7,11,16H,4-5,8-10,12-13H2,1-3H3,(H2,19,20,21). The highest BCUT2D eigenvalue weighted by atomic mass is 16.5. The van der Waals surface area contributed by atoms with E-state index in [4.69, 9.17) is 14.2 Å². The van der Waals surface area contributed by atoms with Crippen LogP contribution in [-0.2, 0) is 16.0 Å². The van der Waals surface area contributed by atoms with Gasteiger partial charge in [0.1, 0.15) is 12.4 Å². The van der Waals surface area contributed by atoms with Gasteiger partial charge in [0.25, 0.3) is 0 Å². The Balaban J connectivity index is 1.86. The van der Waals surface area contributed by atoms with Gasteiger partial charge in [0.05, 0.1) is 12.7 Å². The van der Waals surface area contributed by atoms with Crippen molar-refractivity contribution in [2.45, 2.75) is 32.4 Å². The van der Waals surface area contributed by atoms with E-state index in [-0.39, 0.29) is 6.10 Å². The Morgan fingerprint density at radius 2 is 2.21 bits per heavy atom. The fourth-order valence-electron chi connectivity index (χ4n) is 2.59. The lowest BCUT2D eigenvalue weighted by molar-refractivity contribution is 0.114. The maximum atomic E-state index is 5.82. The Bertz CT molecular complexity index is 528. The number of hydrogen-bond acceptors (Lipinski definition) is 4. The predicted octanol–water partition coefficient (Wildman–Crippen LogP) is 1.86. The first-order chi connectivity index (χ1) is 11.7. The van der Waals surface area contributed by atoms with Gasteiger partial charge in [-0.2, -0.15) is 0 Å². The third-order valence-corrected chi connectivity index (χ3v) is 3.96. The summed E-state index contributed by atoms with van der Waals surface area (Å²) in [6.45, 7) is 5.47. The quantitative estimate of drug-likeness (QED) is 0.431. The van der Waals surface area contributed by atoms with Crippen LogP contribution in [0, 0.1) is 6.92 Å². The molecule has 2 rings (SSSR count). The predicted molar refractivity (Wildman–Crippen MR) is 95.7 cm³/mol. The Hall–Kier alpha value is -1.79. The van der Waals surface area contributed by atoms with E-state index in [0.717, 1.165) is 43.3 Å². The van der Waals surface area contributed by atoms with Crippen molar-refractivity contribution < 1.29 is 14.2 Å². The van der Waals surface area contributed by atoms with Crippen molar-refractivity contribution in [3.63, 3.8) is 0 Å². The normalized spacial score (nSPS) is 17.8. The zero-order chi connectivity index (χ0) is 17.2. The number of rotatable bonds is 8. The number of benzene rings is 1. The molecule has 1 heterocycles. The molecule has 6 nitrogen and oxygen atoms in total. The summed E-state index contributed by atoms with van der Waals surface area (Å²) in [5.41, 5.74) is 2.27. The van der Waals surface area contributed by atoms with Crippen molar-refractivity contribution in [1.82, 2.24) is 10.6 Å². The van der Waals surface area contributed by atoms with Gasteiger partial charge in [-0.1, -0.05) is 12.1 Å². The highest BCUT2D eigenvalue weighted by Gasteiger charge is 2.15. The van der Waals surface area contributed by atoms with Crippen LogP contribution in [0.5, 0.6) is 5.75 Å². The van der Waals surface area contributed by atoms with Gasteiger partial charge in [-0.15, -0.1) is 0 Å². The highest BCUT2D eigenvalue weighted by Crippen LogP contribution is 2.20. The van der Waals surface area contributed by atoms with Crippen LogP contribution in [-0.4, -0.2) is 52.6 Å². The van der Waals surface area contributed by atoms with E-state index in [0.29, 0.717) is 19.8 Å². The Morgan fingerprint density at radius 1 is 1.33 bits per heavy atom. The number of aryl methyl sites for hydroxylation is 1. The van der Waals surface area contributed by atoms with Crippen LogP contribution in [0.4, 0.5) is 0 Å². The van der Waals surface area contributed by atoms with Crippen LogP contribution in [0.25, 0.3) is 0 Å². The molecule has 1 aromatic rings. The molecule has 1 aliphatic heterocycles. The second-order valence-corrected chi connectivity index (χ2v) is 5.89. The van der Waals surface area contributed by atoms with Gasteiger partial charge in [-0.25, -0.2) is 0 Å². The molecule has 2 N–H and O–H groups in total. The van der Waals surface area contributed by atoms with Crippen molar-refractivity contribution in [2.75, 3.05) is 40.5 Å². The zero-order valence-electron chi connectivity index (χ0n) is 14.9. The fourth-order valence-corrected chi connectivity index (χ4v) is 2.59. The molecule has 0 saturated carbocycles. The molecule has 1 unspecified atom stereocenters. The summed E-state index contributed by atoms with van der Waals surface area (Å²) in [6, 6.07) is 6.22. The lowest BCUT2D eigenvalue weighted by Crippen LogP contribution is -2.40. The molecule has 24 heavy (non-hydrogen) atoms. The second-order valence-electron chi connectivity index (χ2n) is 5.89. The van der Waals surface area contributed by atoms with Crippen LogP contribution < -0.4 is 15.4 Å². The van der Waals surface area contributed by atoms with Crippen LogP contribution in [0.2, 0.25) is 0 Å². The Morgan fingerprint density at radius 3 is 2.92 bits per heavy atom. The van der Waals surface area contributed by atoms with Crippen LogP contribution in [0.1, 0.15) is 24.0 Å². The lowest BCUT2D eigenvalue weighted by Gasteiger charge is -2.17. The molecule has 0 spiro atoms. The number of nitrogens with zero attached hydrogens (tertiary/aromatic N) is 1. The van der Waals surface area contributed by atoms with E-state index < -0.39 is 0 Å². The third-order valence-electron chi connectivity index (χ3n) is 3.96. The first-order valence-corrected chi connectivity index (χ1v) is 8.50. The van der Waals surface area contributed by atoms with E-state index in [1.807, 2.05) is 0 Å². The molecule has 1 aliphatic rings. The third kappa shape index (κ3) is 6.02. The zero-order valence-corrected chi connectivity index (χ0v) is 14.9. The minimum atomic E-state index is 0.288. The van der Waals surface area contributed by atoms with Gasteiger partial charge >= 0.3 is 0 Å². The smallest absolute Gasteiger partial charge is 0.191 e. The van der Waals surface area contributed by atoms with Crippen molar-refractivity contribution in [1.29, 1.82) is 0 Å². The Labute approximate surface area is 144 Å². The molecule has 0 bridgehead atoms. The number of nitrogens with one attached hydrogen (secondary N) is 2. The molecule has 1 aromatic carbocycles. The summed E-state index contributed by atoms with van der Waals surface area (Å²) in [7, 11) is 3.45. The van der Waals surface area contributed by atoms with Gasteiger partial charge < -0.3 is 24.8 Å². The van der Waals surface area contributed by atoms with E-state index in [1.54, 1.807) is 14.2 Å². The van der Waals surface area contributed by atoms with Crippen molar-refractivity contribution in [3.8, 4) is 5.75 Å². The largest absolute Gasteiger partial charge is 0.491 e. The monoisotopic (exact) mass is 335 g/mol. The van der Waals surface area contributed by atoms with Gasteiger partial charge in [-0.3, -0.25) is 4.99 Å². The van der Waals surface area contributed by atoms with Crippen LogP contribution in [0.15, 0.2) is 23.2 Å². The number of aliphatic imine (C=N–C) groups is 1. The SMILES string of the molecule is CN=C(NCc1ccc(C)cc1OCCOC)NCC1CCCO1. The maximum Gasteiger partial charge on any atom is 0.191 e. The molecular weight excluding hydrogens is 306 g/mol. The molecule has 0 aliphatic carbocycles. The van der Waals surface area contributed by atoms with E-state index >= 15 is 0 Å². The molecule has 1 fully saturated rings. The molecular formula is C18H29N3O3. The van der Waals surface area contributed by atoms with Gasteiger partial charge in [0, 0.05) is 39.4 Å².